The third kappa shape index (κ3) is 58.9. The normalized spacial score (nSPS) is 13.1. The number of hydrogen-bond acceptors (Lipinski definition) is 5. The van der Waals surface area contributed by atoms with Gasteiger partial charge in [-0.05, 0) is 103 Å². The summed E-state index contributed by atoms with van der Waals surface area (Å²) in [5.41, 5.74) is 0. The monoisotopic (exact) mass is 997 g/mol. The Bertz CT molecular complexity index is 1450. The number of carbonyl (C=O) groups excluding carboxylic acids is 2. The van der Waals surface area contributed by atoms with Gasteiger partial charge in [0.25, 0.3) is 0 Å². The van der Waals surface area contributed by atoms with Crippen LogP contribution in [0.1, 0.15) is 265 Å². The van der Waals surface area contributed by atoms with E-state index in [0.29, 0.717) is 19.4 Å². The predicted molar refractivity (Wildman–Crippen MR) is 316 cm³/mol. The Morgan fingerprint density at radius 1 is 0.319 bits per heavy atom. The van der Waals surface area contributed by atoms with Crippen molar-refractivity contribution in [3.05, 3.63) is 122 Å². The van der Waals surface area contributed by atoms with Crippen LogP contribution in [-0.4, -0.2) is 37.9 Å². The van der Waals surface area contributed by atoms with Crippen LogP contribution in [0.5, 0.6) is 0 Å². The molecule has 5 heteroatoms. The lowest BCUT2D eigenvalue weighted by molar-refractivity contribution is -0.163. The van der Waals surface area contributed by atoms with E-state index in [4.69, 9.17) is 14.2 Å². The lowest BCUT2D eigenvalue weighted by Gasteiger charge is -2.18. The van der Waals surface area contributed by atoms with Crippen molar-refractivity contribution in [1.29, 1.82) is 0 Å². The van der Waals surface area contributed by atoms with Crippen molar-refractivity contribution in [2.24, 2.45) is 0 Å². The Labute approximate surface area is 446 Å². The van der Waals surface area contributed by atoms with Crippen molar-refractivity contribution in [3.8, 4) is 0 Å². The average Bonchev–Trinajstić information content (AvgIpc) is 3.38. The van der Waals surface area contributed by atoms with E-state index in [1.165, 1.54) is 109 Å². The zero-order chi connectivity index (χ0) is 52.0. The summed E-state index contributed by atoms with van der Waals surface area (Å²) in [5, 5.41) is 0. The standard InChI is InChI=1S/C67H112O5/c1-4-7-10-13-16-19-22-25-28-31-33-35-38-41-44-47-50-53-56-59-62-70-63-65(72-67(69)61-58-55-52-49-46-43-40-36-30-27-24-21-18-15-12-9-6-3)64-71-66(68)60-57-54-51-48-45-42-39-37-34-32-29-26-23-20-17-14-11-8-5-2/h7,9-10,12,16,18-19,21,25,27-28,30,33,35,40-41,43-44,50,53,65H,4-6,8,11,13-15,17,20,22-24,26,29,31-32,34,36-39,42,45-49,51-52,54-64H2,1-3H3/b10-7-,12-9-,19-16-,21-18-,28-25-,30-27-,35-33-,43-40-,44-41-,53-50-. The molecule has 0 rings (SSSR count). The van der Waals surface area contributed by atoms with Crippen LogP contribution in [0.4, 0.5) is 0 Å². The Kier molecular flexibility index (Phi) is 58.4. The molecule has 0 saturated carbocycles. The molecule has 1 atom stereocenters. The molecule has 72 heavy (non-hydrogen) atoms. The fourth-order valence-corrected chi connectivity index (χ4v) is 8.11. The maximum absolute atomic E-state index is 12.9. The summed E-state index contributed by atoms with van der Waals surface area (Å²) in [7, 11) is 0. The summed E-state index contributed by atoms with van der Waals surface area (Å²) >= 11 is 0. The van der Waals surface area contributed by atoms with Crippen LogP contribution in [0, 0.1) is 0 Å². The third-order valence-corrected chi connectivity index (χ3v) is 12.5. The van der Waals surface area contributed by atoms with Crippen molar-refractivity contribution in [1.82, 2.24) is 0 Å². The van der Waals surface area contributed by atoms with Gasteiger partial charge in [0.15, 0.2) is 6.10 Å². The largest absolute Gasteiger partial charge is 0.462 e. The third-order valence-electron chi connectivity index (χ3n) is 12.5. The number of allylic oxidation sites excluding steroid dienone is 20. The van der Waals surface area contributed by atoms with Crippen LogP contribution in [0.15, 0.2) is 122 Å². The lowest BCUT2D eigenvalue weighted by Crippen LogP contribution is -2.30. The summed E-state index contributed by atoms with van der Waals surface area (Å²) in [6.07, 6.45) is 86.7. The first kappa shape index (κ1) is 68.3. The van der Waals surface area contributed by atoms with Crippen molar-refractivity contribution in [3.63, 3.8) is 0 Å². The second-order valence-corrected chi connectivity index (χ2v) is 19.5. The minimum Gasteiger partial charge on any atom is -0.462 e. The molecule has 1 unspecified atom stereocenters. The minimum atomic E-state index is -0.587. The van der Waals surface area contributed by atoms with Crippen LogP contribution in [0.2, 0.25) is 0 Å². The van der Waals surface area contributed by atoms with E-state index in [9.17, 15) is 9.59 Å². The number of ether oxygens (including phenoxy) is 3. The van der Waals surface area contributed by atoms with E-state index in [1.54, 1.807) is 0 Å². The molecule has 0 spiro atoms. The molecular formula is C67H112O5. The molecule has 0 aliphatic rings. The van der Waals surface area contributed by atoms with E-state index >= 15 is 0 Å². The Hall–Kier alpha value is -3.70. The number of carbonyl (C=O) groups is 2. The molecule has 0 amide bonds. The molecule has 0 fully saturated rings. The van der Waals surface area contributed by atoms with E-state index < -0.39 is 6.10 Å². The number of hydrogen-bond donors (Lipinski definition) is 0. The second-order valence-electron chi connectivity index (χ2n) is 19.5. The first-order chi connectivity index (χ1) is 35.6. The number of unbranched alkanes of at least 4 members (excludes halogenated alkanes) is 23. The fourth-order valence-electron chi connectivity index (χ4n) is 8.11. The zero-order valence-corrected chi connectivity index (χ0v) is 47.2. The molecule has 0 aromatic heterocycles. The molecule has 5 nitrogen and oxygen atoms in total. The van der Waals surface area contributed by atoms with Gasteiger partial charge < -0.3 is 14.2 Å². The van der Waals surface area contributed by atoms with E-state index in [1.807, 2.05) is 0 Å². The maximum Gasteiger partial charge on any atom is 0.306 e. The van der Waals surface area contributed by atoms with Crippen molar-refractivity contribution < 1.29 is 23.8 Å². The summed E-state index contributed by atoms with van der Waals surface area (Å²) in [6.45, 7) is 7.45. The first-order valence-electron chi connectivity index (χ1n) is 30.1. The lowest BCUT2D eigenvalue weighted by atomic mass is 10.0. The van der Waals surface area contributed by atoms with Crippen LogP contribution < -0.4 is 0 Å². The molecule has 0 radical (unpaired) electrons. The van der Waals surface area contributed by atoms with Gasteiger partial charge in [-0.15, -0.1) is 0 Å². The SMILES string of the molecule is CC/C=C\C/C=C\C/C=C\C/C=C\C/C=C\C/C=C\CCCOCC(COC(=O)CCCCCCCCCCCCCCCCCCCCC)OC(=O)CCCCCC/C=C\C/C=C\C/C=C\C/C=C\CC. The molecule has 0 bridgehead atoms. The highest BCUT2D eigenvalue weighted by atomic mass is 16.6. The number of rotatable bonds is 54. The van der Waals surface area contributed by atoms with Gasteiger partial charge in [-0.3, -0.25) is 9.59 Å². The van der Waals surface area contributed by atoms with Crippen molar-refractivity contribution in [2.45, 2.75) is 271 Å². The summed E-state index contributed by atoms with van der Waals surface area (Å²) in [4.78, 5) is 25.6. The van der Waals surface area contributed by atoms with Crippen LogP contribution in [0.3, 0.4) is 0 Å². The van der Waals surface area contributed by atoms with E-state index in [2.05, 4.69) is 142 Å². The molecule has 0 heterocycles. The maximum atomic E-state index is 12.9. The minimum absolute atomic E-state index is 0.0473. The van der Waals surface area contributed by atoms with Gasteiger partial charge in [0.2, 0.25) is 0 Å². The van der Waals surface area contributed by atoms with Gasteiger partial charge in [-0.1, -0.05) is 271 Å². The highest BCUT2D eigenvalue weighted by Gasteiger charge is 2.17. The number of esters is 2. The smallest absolute Gasteiger partial charge is 0.306 e. The van der Waals surface area contributed by atoms with E-state index in [0.717, 1.165) is 122 Å². The Morgan fingerprint density at radius 3 is 1.00 bits per heavy atom. The van der Waals surface area contributed by atoms with Crippen LogP contribution in [0.25, 0.3) is 0 Å². The first-order valence-corrected chi connectivity index (χ1v) is 30.1. The molecule has 0 N–H and O–H groups in total. The quantitative estimate of drug-likeness (QED) is 0.0345. The molecule has 0 aromatic carbocycles. The molecule has 0 aliphatic carbocycles. The highest BCUT2D eigenvalue weighted by Crippen LogP contribution is 2.16. The van der Waals surface area contributed by atoms with Gasteiger partial charge in [0.1, 0.15) is 6.61 Å². The molecule has 0 aromatic rings. The predicted octanol–water partition coefficient (Wildman–Crippen LogP) is 20.9. The van der Waals surface area contributed by atoms with Gasteiger partial charge >= 0.3 is 11.9 Å². The topological polar surface area (TPSA) is 61.8 Å². The average molecular weight is 998 g/mol. The molecule has 0 aliphatic heterocycles. The fraction of sp³-hybridized carbons (Fsp3) is 0.672. The van der Waals surface area contributed by atoms with Crippen molar-refractivity contribution >= 4 is 11.9 Å². The molecule has 410 valence electrons. The zero-order valence-electron chi connectivity index (χ0n) is 47.2. The van der Waals surface area contributed by atoms with Crippen LogP contribution >= 0.6 is 0 Å². The van der Waals surface area contributed by atoms with Gasteiger partial charge in [0, 0.05) is 19.4 Å². The summed E-state index contributed by atoms with van der Waals surface area (Å²) < 4.78 is 17.4. The summed E-state index contributed by atoms with van der Waals surface area (Å²) in [5.74, 6) is -0.454. The Morgan fingerprint density at radius 2 is 0.625 bits per heavy atom. The van der Waals surface area contributed by atoms with Gasteiger partial charge in [-0.2, -0.15) is 0 Å². The van der Waals surface area contributed by atoms with E-state index in [-0.39, 0.29) is 25.2 Å². The summed E-state index contributed by atoms with van der Waals surface area (Å²) in [6, 6.07) is 0. The molecule has 0 saturated heterocycles. The second kappa shape index (κ2) is 61.6. The van der Waals surface area contributed by atoms with Gasteiger partial charge in [0.05, 0.1) is 6.61 Å². The molecular weight excluding hydrogens is 885 g/mol. The van der Waals surface area contributed by atoms with Crippen LogP contribution in [-0.2, 0) is 23.8 Å². The van der Waals surface area contributed by atoms with Gasteiger partial charge in [-0.25, -0.2) is 0 Å². The highest BCUT2D eigenvalue weighted by molar-refractivity contribution is 5.70. The van der Waals surface area contributed by atoms with Crippen molar-refractivity contribution in [2.75, 3.05) is 19.8 Å². The Balaban J connectivity index is 4.42.